The Morgan fingerprint density at radius 2 is 1.71 bits per heavy atom. The average molecular weight is 376 g/mol. The minimum atomic E-state index is -0.970. The number of methoxy groups -OCH3 is 1. The highest BCUT2D eigenvalue weighted by Crippen LogP contribution is 2.40. The number of rotatable bonds is 5. The monoisotopic (exact) mass is 376 g/mol. The number of aromatic carboxylic acids is 1. The van der Waals surface area contributed by atoms with Gasteiger partial charge in [0, 0.05) is 29.6 Å². The molecular formula is C23H24N2O3. The van der Waals surface area contributed by atoms with Crippen LogP contribution < -0.4 is 4.74 Å². The Morgan fingerprint density at radius 1 is 1.00 bits per heavy atom. The summed E-state index contributed by atoms with van der Waals surface area (Å²) in [5.41, 5.74) is 4.13. The van der Waals surface area contributed by atoms with Crippen molar-refractivity contribution < 1.29 is 14.6 Å². The Bertz CT molecular complexity index is 958. The SMILES string of the molecule is COc1cncc(-c2ccc(C(c3ccc(C(=O)O)cn3)C(C)(C)C)cc2)c1. The average Bonchev–Trinajstić information content (AvgIpc) is 2.68. The molecule has 1 aromatic carbocycles. The summed E-state index contributed by atoms with van der Waals surface area (Å²) in [5.74, 6) is -0.215. The summed E-state index contributed by atoms with van der Waals surface area (Å²) in [5, 5.41) is 9.11. The van der Waals surface area contributed by atoms with Crippen molar-refractivity contribution in [3.05, 3.63) is 77.9 Å². The quantitative estimate of drug-likeness (QED) is 0.676. The summed E-state index contributed by atoms with van der Waals surface area (Å²) in [6.45, 7) is 6.47. The van der Waals surface area contributed by atoms with Crippen molar-refractivity contribution in [3.63, 3.8) is 0 Å². The van der Waals surface area contributed by atoms with Gasteiger partial charge in [-0.1, -0.05) is 45.0 Å². The van der Waals surface area contributed by atoms with Crippen molar-refractivity contribution in [2.75, 3.05) is 7.11 Å². The van der Waals surface area contributed by atoms with E-state index in [2.05, 4.69) is 55.0 Å². The Labute approximate surface area is 165 Å². The van der Waals surface area contributed by atoms with Crippen molar-refractivity contribution >= 4 is 5.97 Å². The Hall–Kier alpha value is -3.21. The molecule has 2 heterocycles. The lowest BCUT2D eigenvalue weighted by atomic mass is 9.74. The van der Waals surface area contributed by atoms with Gasteiger partial charge in [0.15, 0.2) is 0 Å². The fourth-order valence-electron chi connectivity index (χ4n) is 3.37. The zero-order chi connectivity index (χ0) is 20.3. The van der Waals surface area contributed by atoms with E-state index in [9.17, 15) is 4.79 Å². The van der Waals surface area contributed by atoms with Gasteiger partial charge in [-0.3, -0.25) is 9.97 Å². The first-order chi connectivity index (χ1) is 13.3. The summed E-state index contributed by atoms with van der Waals surface area (Å²) in [7, 11) is 1.63. The van der Waals surface area contributed by atoms with Gasteiger partial charge in [0.05, 0.1) is 18.9 Å². The van der Waals surface area contributed by atoms with Gasteiger partial charge in [-0.25, -0.2) is 4.79 Å². The number of pyridine rings is 2. The van der Waals surface area contributed by atoms with Gasteiger partial charge < -0.3 is 9.84 Å². The number of carboxylic acid groups (broad SMARTS) is 1. The molecule has 28 heavy (non-hydrogen) atoms. The van der Waals surface area contributed by atoms with Crippen LogP contribution in [0.3, 0.4) is 0 Å². The first-order valence-corrected chi connectivity index (χ1v) is 9.08. The van der Waals surface area contributed by atoms with Gasteiger partial charge in [-0.15, -0.1) is 0 Å². The van der Waals surface area contributed by atoms with Crippen molar-refractivity contribution in [1.82, 2.24) is 9.97 Å². The molecule has 5 heteroatoms. The van der Waals surface area contributed by atoms with E-state index in [1.807, 2.05) is 12.3 Å². The van der Waals surface area contributed by atoms with Gasteiger partial charge >= 0.3 is 5.97 Å². The number of benzene rings is 1. The fraction of sp³-hybridized carbons (Fsp3) is 0.261. The van der Waals surface area contributed by atoms with Crippen LogP contribution >= 0.6 is 0 Å². The predicted molar refractivity (Wildman–Crippen MR) is 109 cm³/mol. The molecule has 0 aliphatic rings. The Kier molecular flexibility index (Phi) is 5.45. The van der Waals surface area contributed by atoms with Crippen molar-refractivity contribution in [3.8, 4) is 16.9 Å². The molecule has 0 aliphatic heterocycles. The second-order valence-electron chi connectivity index (χ2n) is 7.81. The van der Waals surface area contributed by atoms with Crippen LogP contribution in [-0.4, -0.2) is 28.2 Å². The van der Waals surface area contributed by atoms with Gasteiger partial charge in [0.2, 0.25) is 0 Å². The third-order valence-electron chi connectivity index (χ3n) is 4.72. The maximum atomic E-state index is 11.1. The smallest absolute Gasteiger partial charge is 0.337 e. The van der Waals surface area contributed by atoms with Crippen LogP contribution in [0.2, 0.25) is 0 Å². The summed E-state index contributed by atoms with van der Waals surface area (Å²) in [6, 6.07) is 13.7. The van der Waals surface area contributed by atoms with Crippen LogP contribution in [0.1, 0.15) is 48.3 Å². The molecular weight excluding hydrogens is 352 g/mol. The Balaban J connectivity index is 1.96. The molecule has 0 aliphatic carbocycles. The zero-order valence-corrected chi connectivity index (χ0v) is 16.5. The van der Waals surface area contributed by atoms with E-state index >= 15 is 0 Å². The van der Waals surface area contributed by atoms with Crippen LogP contribution in [0.4, 0.5) is 0 Å². The van der Waals surface area contributed by atoms with Crippen molar-refractivity contribution in [1.29, 1.82) is 0 Å². The standard InChI is InChI=1S/C23H24N2O3/c1-23(2,3)21(20-10-9-17(13-25-20)22(26)27)16-7-5-15(6-8-16)18-11-19(28-4)14-24-12-18/h5-14,21H,1-4H3,(H,26,27). The van der Waals surface area contributed by atoms with E-state index in [1.165, 1.54) is 6.20 Å². The maximum absolute atomic E-state index is 11.1. The number of nitrogens with zero attached hydrogens (tertiary/aromatic N) is 2. The molecule has 3 aromatic rings. The summed E-state index contributed by atoms with van der Waals surface area (Å²) in [4.78, 5) is 19.8. The largest absolute Gasteiger partial charge is 0.495 e. The first kappa shape index (κ1) is 19.5. The molecule has 0 amide bonds. The molecule has 3 rings (SSSR count). The number of hydrogen-bond donors (Lipinski definition) is 1. The van der Waals surface area contributed by atoms with Gasteiger partial charge in [-0.2, -0.15) is 0 Å². The summed E-state index contributed by atoms with van der Waals surface area (Å²) < 4.78 is 5.25. The molecule has 1 N–H and O–H groups in total. The number of hydrogen-bond acceptors (Lipinski definition) is 4. The van der Waals surface area contributed by atoms with E-state index in [4.69, 9.17) is 9.84 Å². The molecule has 0 spiro atoms. The zero-order valence-electron chi connectivity index (χ0n) is 16.5. The minimum absolute atomic E-state index is 0.0350. The maximum Gasteiger partial charge on any atom is 0.337 e. The van der Waals surface area contributed by atoms with Crippen molar-refractivity contribution in [2.45, 2.75) is 26.7 Å². The second kappa shape index (κ2) is 7.80. The number of ether oxygens (including phenoxy) is 1. The highest BCUT2D eigenvalue weighted by atomic mass is 16.5. The summed E-state index contributed by atoms with van der Waals surface area (Å²) in [6.07, 6.45) is 4.91. The lowest BCUT2D eigenvalue weighted by Gasteiger charge is -2.31. The molecule has 0 radical (unpaired) electrons. The fourth-order valence-corrected chi connectivity index (χ4v) is 3.37. The lowest BCUT2D eigenvalue weighted by Crippen LogP contribution is -2.21. The first-order valence-electron chi connectivity index (χ1n) is 9.08. The predicted octanol–water partition coefficient (Wildman–Crippen LogP) is 5.03. The highest BCUT2D eigenvalue weighted by Gasteiger charge is 2.29. The van der Waals surface area contributed by atoms with E-state index in [-0.39, 0.29) is 16.9 Å². The highest BCUT2D eigenvalue weighted by molar-refractivity contribution is 5.87. The third kappa shape index (κ3) is 4.19. The van der Waals surface area contributed by atoms with E-state index in [0.29, 0.717) is 0 Å². The van der Waals surface area contributed by atoms with Gasteiger partial charge in [-0.05, 0) is 34.7 Å². The number of carbonyl (C=O) groups is 1. The lowest BCUT2D eigenvalue weighted by molar-refractivity contribution is 0.0696. The second-order valence-corrected chi connectivity index (χ2v) is 7.81. The van der Waals surface area contributed by atoms with E-state index in [0.717, 1.165) is 28.1 Å². The van der Waals surface area contributed by atoms with Crippen molar-refractivity contribution in [2.24, 2.45) is 5.41 Å². The molecule has 144 valence electrons. The molecule has 0 saturated carbocycles. The molecule has 0 saturated heterocycles. The topological polar surface area (TPSA) is 72.3 Å². The number of aromatic nitrogens is 2. The number of carboxylic acids is 1. The molecule has 2 aromatic heterocycles. The molecule has 0 bridgehead atoms. The van der Waals surface area contributed by atoms with Crippen LogP contribution in [0, 0.1) is 5.41 Å². The summed E-state index contributed by atoms with van der Waals surface area (Å²) >= 11 is 0. The Morgan fingerprint density at radius 3 is 2.25 bits per heavy atom. The van der Waals surface area contributed by atoms with Crippen LogP contribution in [-0.2, 0) is 0 Å². The van der Waals surface area contributed by atoms with Crippen LogP contribution in [0.5, 0.6) is 5.75 Å². The normalized spacial score (nSPS) is 12.4. The molecule has 5 nitrogen and oxygen atoms in total. The van der Waals surface area contributed by atoms with Gasteiger partial charge in [0.1, 0.15) is 5.75 Å². The van der Waals surface area contributed by atoms with Gasteiger partial charge in [0.25, 0.3) is 0 Å². The van der Waals surface area contributed by atoms with Crippen LogP contribution in [0.25, 0.3) is 11.1 Å². The minimum Gasteiger partial charge on any atom is -0.495 e. The third-order valence-corrected chi connectivity index (χ3v) is 4.72. The molecule has 0 fully saturated rings. The van der Waals surface area contributed by atoms with Crippen LogP contribution in [0.15, 0.2) is 61.1 Å². The van der Waals surface area contributed by atoms with E-state index in [1.54, 1.807) is 25.4 Å². The van der Waals surface area contributed by atoms with E-state index < -0.39 is 5.97 Å². The molecule has 1 atom stereocenters. The molecule has 1 unspecified atom stereocenters.